The molecule has 2 nitrogen and oxygen atoms in total. The molecule has 12 rings (SSSR count). The van der Waals surface area contributed by atoms with Crippen LogP contribution in [0.15, 0.2) is 217 Å². The first-order valence-corrected chi connectivity index (χ1v) is 21.2. The molecule has 2 heteroatoms. The van der Waals surface area contributed by atoms with Crippen molar-refractivity contribution in [2.75, 3.05) is 4.90 Å². The number of hydrogen-bond donors (Lipinski definition) is 0. The first kappa shape index (κ1) is 35.3. The number of furan rings is 1. The van der Waals surface area contributed by atoms with E-state index in [-0.39, 0.29) is 5.41 Å². The maximum atomic E-state index is 7.09. The van der Waals surface area contributed by atoms with E-state index in [0.717, 1.165) is 61.1 Å². The summed E-state index contributed by atoms with van der Waals surface area (Å²) in [6.45, 7) is 4.70. The Bertz CT molecular complexity index is 3470. The van der Waals surface area contributed by atoms with E-state index in [9.17, 15) is 0 Å². The monoisotopic (exact) mass is 779 g/mol. The van der Waals surface area contributed by atoms with Gasteiger partial charge in [-0.2, -0.15) is 0 Å². The Hall–Kier alpha value is -7.68. The molecular weight excluding hydrogens is 739 g/mol. The normalized spacial score (nSPS) is 12.9. The molecule has 1 aromatic heterocycles. The van der Waals surface area contributed by atoms with Crippen LogP contribution in [0.25, 0.3) is 88.0 Å². The summed E-state index contributed by atoms with van der Waals surface area (Å²) in [5, 5.41) is 7.06. The highest BCUT2D eigenvalue weighted by molar-refractivity contribution is 6.31. The molecule has 1 aliphatic rings. The zero-order chi connectivity index (χ0) is 40.7. The fraction of sp³-hybridized carbons (Fsp3) is 0.0508. The lowest BCUT2D eigenvalue weighted by atomic mass is 9.82. The van der Waals surface area contributed by atoms with Crippen molar-refractivity contribution >= 4 is 60.5 Å². The van der Waals surface area contributed by atoms with Crippen molar-refractivity contribution in [2.45, 2.75) is 19.3 Å². The number of rotatable bonds is 6. The lowest BCUT2D eigenvalue weighted by Gasteiger charge is -2.28. The summed E-state index contributed by atoms with van der Waals surface area (Å²) in [7, 11) is 0. The summed E-state index contributed by atoms with van der Waals surface area (Å²) in [5.74, 6) is 0. The number of hydrogen-bond acceptors (Lipinski definition) is 2. The van der Waals surface area contributed by atoms with Crippen LogP contribution in [-0.4, -0.2) is 0 Å². The Morgan fingerprint density at radius 2 is 0.836 bits per heavy atom. The molecule has 0 N–H and O–H groups in total. The van der Waals surface area contributed by atoms with Crippen molar-refractivity contribution in [3.63, 3.8) is 0 Å². The van der Waals surface area contributed by atoms with Crippen molar-refractivity contribution in [1.82, 2.24) is 0 Å². The van der Waals surface area contributed by atoms with Crippen LogP contribution in [0.1, 0.15) is 25.0 Å². The van der Waals surface area contributed by atoms with Crippen LogP contribution in [-0.2, 0) is 5.41 Å². The van der Waals surface area contributed by atoms with E-state index in [1.54, 1.807) is 0 Å². The van der Waals surface area contributed by atoms with Crippen molar-refractivity contribution in [3.05, 3.63) is 223 Å². The van der Waals surface area contributed by atoms with Gasteiger partial charge in [0.25, 0.3) is 0 Å². The number of benzene rings is 10. The Kier molecular flexibility index (Phi) is 7.92. The molecule has 10 aromatic carbocycles. The summed E-state index contributed by atoms with van der Waals surface area (Å²) in [4.78, 5) is 2.40. The van der Waals surface area contributed by atoms with Gasteiger partial charge in [-0.05, 0) is 115 Å². The van der Waals surface area contributed by atoms with Crippen molar-refractivity contribution in [1.29, 1.82) is 0 Å². The fourth-order valence-electron chi connectivity index (χ4n) is 10.0. The van der Waals surface area contributed by atoms with E-state index < -0.39 is 0 Å². The smallest absolute Gasteiger partial charge is 0.143 e. The second kappa shape index (κ2) is 13.7. The van der Waals surface area contributed by atoms with Gasteiger partial charge in [-0.3, -0.25) is 0 Å². The number of fused-ring (bicyclic) bond motifs is 11. The highest BCUT2D eigenvalue weighted by atomic mass is 16.3. The van der Waals surface area contributed by atoms with Gasteiger partial charge in [0.05, 0.1) is 0 Å². The lowest BCUT2D eigenvalue weighted by molar-refractivity contribution is 0.660. The van der Waals surface area contributed by atoms with E-state index in [2.05, 4.69) is 231 Å². The molecule has 0 fully saturated rings. The molecule has 0 aliphatic heterocycles. The molecule has 0 spiro atoms. The van der Waals surface area contributed by atoms with E-state index in [0.29, 0.717) is 0 Å². The van der Waals surface area contributed by atoms with E-state index in [4.69, 9.17) is 4.42 Å². The molecule has 0 saturated carbocycles. The van der Waals surface area contributed by atoms with Gasteiger partial charge in [0.2, 0.25) is 0 Å². The largest absolute Gasteiger partial charge is 0.455 e. The van der Waals surface area contributed by atoms with Gasteiger partial charge in [0.15, 0.2) is 0 Å². The predicted molar refractivity (Wildman–Crippen MR) is 257 cm³/mol. The molecule has 0 bridgehead atoms. The van der Waals surface area contributed by atoms with Crippen LogP contribution in [0.2, 0.25) is 0 Å². The standard InChI is InChI=1S/C59H41NO/c1-59(2)54-24-14-13-21-48(54)49-34-33-45(37-55(49)59)60(43-29-25-40(26-30-43)38-15-5-3-6-16-38)44-31-27-41(28-32-44)52-35-42(39-17-7-4-8-18-39)36-53-56-50-22-11-9-19-46(50)47-20-10-12-23-51(47)58(56)61-57(52)53/h3-37H,1-2H3. The van der Waals surface area contributed by atoms with Crippen LogP contribution in [0.3, 0.4) is 0 Å². The SMILES string of the molecule is CC1(C)c2ccccc2-c2ccc(N(c3ccc(-c4ccccc4)cc3)c3ccc(-c4cc(-c5ccccc5)cc5c4oc4c6ccccc6c6ccccc6c54)cc3)cc21. The van der Waals surface area contributed by atoms with Gasteiger partial charge in [0.1, 0.15) is 11.2 Å². The van der Waals surface area contributed by atoms with Crippen LogP contribution in [0.5, 0.6) is 0 Å². The molecule has 61 heavy (non-hydrogen) atoms. The van der Waals surface area contributed by atoms with Gasteiger partial charge in [0, 0.05) is 44.2 Å². The minimum absolute atomic E-state index is 0.118. The molecule has 0 radical (unpaired) electrons. The maximum Gasteiger partial charge on any atom is 0.143 e. The maximum absolute atomic E-state index is 7.09. The summed E-state index contributed by atoms with van der Waals surface area (Å²) in [6, 6.07) is 77.2. The number of nitrogens with zero attached hydrogens (tertiary/aromatic N) is 1. The topological polar surface area (TPSA) is 16.4 Å². The van der Waals surface area contributed by atoms with Crippen molar-refractivity contribution in [2.24, 2.45) is 0 Å². The zero-order valence-electron chi connectivity index (χ0n) is 34.1. The Labute approximate surface area is 355 Å². The molecular formula is C59H41NO. The zero-order valence-corrected chi connectivity index (χ0v) is 34.1. The first-order chi connectivity index (χ1) is 30.0. The molecule has 0 unspecified atom stereocenters. The summed E-state index contributed by atoms with van der Waals surface area (Å²) in [6.07, 6.45) is 0. The van der Waals surface area contributed by atoms with Crippen molar-refractivity contribution in [3.8, 4) is 44.5 Å². The second-order valence-corrected chi connectivity index (χ2v) is 16.9. The molecule has 288 valence electrons. The Morgan fingerprint density at radius 1 is 0.328 bits per heavy atom. The fourth-order valence-corrected chi connectivity index (χ4v) is 10.0. The third-order valence-electron chi connectivity index (χ3n) is 13.0. The highest BCUT2D eigenvalue weighted by Gasteiger charge is 2.35. The quantitative estimate of drug-likeness (QED) is 0.156. The van der Waals surface area contributed by atoms with Crippen molar-refractivity contribution < 1.29 is 4.42 Å². The first-order valence-electron chi connectivity index (χ1n) is 21.2. The minimum Gasteiger partial charge on any atom is -0.455 e. The Balaban J connectivity index is 1.04. The van der Waals surface area contributed by atoms with Crippen LogP contribution in [0.4, 0.5) is 17.1 Å². The summed E-state index contributed by atoms with van der Waals surface area (Å²) >= 11 is 0. The third kappa shape index (κ3) is 5.56. The van der Waals surface area contributed by atoms with Gasteiger partial charge in [-0.25, -0.2) is 0 Å². The average Bonchev–Trinajstić information content (AvgIpc) is 3.83. The molecule has 1 heterocycles. The highest BCUT2D eigenvalue weighted by Crippen LogP contribution is 2.51. The molecule has 11 aromatic rings. The number of anilines is 3. The van der Waals surface area contributed by atoms with E-state index in [1.165, 1.54) is 55.1 Å². The van der Waals surface area contributed by atoms with Crippen LogP contribution < -0.4 is 4.90 Å². The van der Waals surface area contributed by atoms with E-state index in [1.807, 2.05) is 0 Å². The lowest BCUT2D eigenvalue weighted by Crippen LogP contribution is -2.16. The Morgan fingerprint density at radius 3 is 1.52 bits per heavy atom. The molecule has 0 amide bonds. The third-order valence-corrected chi connectivity index (χ3v) is 13.0. The molecule has 0 saturated heterocycles. The predicted octanol–water partition coefficient (Wildman–Crippen LogP) is 16.7. The average molecular weight is 780 g/mol. The van der Waals surface area contributed by atoms with Gasteiger partial charge >= 0.3 is 0 Å². The molecule has 0 atom stereocenters. The van der Waals surface area contributed by atoms with Gasteiger partial charge < -0.3 is 9.32 Å². The molecule has 1 aliphatic carbocycles. The van der Waals surface area contributed by atoms with Gasteiger partial charge in [-0.1, -0.05) is 178 Å². The van der Waals surface area contributed by atoms with E-state index >= 15 is 0 Å². The van der Waals surface area contributed by atoms with Crippen LogP contribution >= 0.6 is 0 Å². The minimum atomic E-state index is -0.118. The summed E-state index contributed by atoms with van der Waals surface area (Å²) in [5.41, 5.74) is 17.3. The second-order valence-electron chi connectivity index (χ2n) is 16.9. The van der Waals surface area contributed by atoms with Gasteiger partial charge in [-0.15, -0.1) is 0 Å². The summed E-state index contributed by atoms with van der Waals surface area (Å²) < 4.78 is 7.09. The van der Waals surface area contributed by atoms with Crippen LogP contribution in [0, 0.1) is 0 Å².